The number of anilines is 2. The van der Waals surface area contributed by atoms with Crippen LogP contribution in [0.25, 0.3) is 0 Å². The minimum Gasteiger partial charge on any atom is -0.484 e. The first-order valence-corrected chi connectivity index (χ1v) is 12.9. The monoisotopic (exact) mass is 528 g/mol. The molecule has 2 aliphatic rings. The van der Waals surface area contributed by atoms with Crippen LogP contribution in [-0.4, -0.2) is 75.2 Å². The van der Waals surface area contributed by atoms with Crippen LogP contribution in [0.4, 0.5) is 11.4 Å². The number of nitrogens with one attached hydrogen (secondary N) is 2. The molecule has 2 N–H and O–H groups in total. The molecule has 0 unspecified atom stereocenters. The zero-order valence-electron chi connectivity index (χ0n) is 21.0. The molecule has 3 amide bonds. The molecule has 0 aliphatic carbocycles. The van der Waals surface area contributed by atoms with Gasteiger partial charge in [0.2, 0.25) is 11.8 Å². The number of halogens is 1. The molecule has 2 saturated heterocycles. The third-order valence-electron chi connectivity index (χ3n) is 6.52. The number of carbonyl (C=O) groups is 3. The van der Waals surface area contributed by atoms with E-state index in [0.717, 1.165) is 44.8 Å². The molecule has 2 aromatic carbocycles. The van der Waals surface area contributed by atoms with Crippen LogP contribution in [0.1, 0.15) is 18.4 Å². The van der Waals surface area contributed by atoms with Crippen molar-refractivity contribution in [3.05, 3.63) is 53.1 Å². The van der Waals surface area contributed by atoms with Gasteiger partial charge in [-0.05, 0) is 61.9 Å². The summed E-state index contributed by atoms with van der Waals surface area (Å²) in [7, 11) is 0. The Morgan fingerprint density at radius 1 is 1.14 bits per heavy atom. The van der Waals surface area contributed by atoms with Gasteiger partial charge in [0.1, 0.15) is 5.75 Å². The van der Waals surface area contributed by atoms with Gasteiger partial charge in [0, 0.05) is 49.0 Å². The summed E-state index contributed by atoms with van der Waals surface area (Å²) < 4.78 is 10.9. The van der Waals surface area contributed by atoms with Crippen molar-refractivity contribution in [1.29, 1.82) is 0 Å². The van der Waals surface area contributed by atoms with Gasteiger partial charge in [0.05, 0.1) is 19.1 Å². The van der Waals surface area contributed by atoms with E-state index in [1.807, 2.05) is 13.0 Å². The Hall–Kier alpha value is -3.14. The fourth-order valence-electron chi connectivity index (χ4n) is 4.35. The van der Waals surface area contributed by atoms with Gasteiger partial charge in [-0.25, -0.2) is 0 Å². The minimum atomic E-state index is -0.370. The zero-order valence-corrected chi connectivity index (χ0v) is 21.8. The van der Waals surface area contributed by atoms with Crippen molar-refractivity contribution in [1.82, 2.24) is 10.2 Å². The van der Waals surface area contributed by atoms with Gasteiger partial charge in [0.15, 0.2) is 6.61 Å². The molecule has 2 heterocycles. The van der Waals surface area contributed by atoms with Crippen molar-refractivity contribution in [2.24, 2.45) is 5.92 Å². The van der Waals surface area contributed by atoms with Crippen LogP contribution in [0.3, 0.4) is 0 Å². The second-order valence-electron chi connectivity index (χ2n) is 9.30. The lowest BCUT2D eigenvalue weighted by molar-refractivity contribution is -0.126. The standard InChI is InChI=1S/C27H33ClN4O5/c1-19-3-4-21(16-24(19)28)30-25(33)18-37-23-7-5-22(6-8-23)32-17-20(15-26(32)34)27(35)29-9-2-10-31-11-13-36-14-12-31/h3-8,16,20H,2,9-15,17-18H2,1H3,(H,29,35)(H,30,33)/t20-/m1/s1. The Morgan fingerprint density at radius 2 is 1.89 bits per heavy atom. The number of rotatable bonds is 10. The molecule has 0 saturated carbocycles. The smallest absolute Gasteiger partial charge is 0.262 e. The third kappa shape index (κ3) is 7.67. The van der Waals surface area contributed by atoms with Gasteiger partial charge >= 0.3 is 0 Å². The Bertz CT molecular complexity index is 1100. The van der Waals surface area contributed by atoms with Crippen LogP contribution in [0.15, 0.2) is 42.5 Å². The van der Waals surface area contributed by atoms with E-state index in [1.54, 1.807) is 41.3 Å². The summed E-state index contributed by atoms with van der Waals surface area (Å²) in [6.45, 7) is 6.97. The van der Waals surface area contributed by atoms with Gasteiger partial charge in [-0.15, -0.1) is 0 Å². The van der Waals surface area contributed by atoms with E-state index in [0.29, 0.717) is 35.2 Å². The van der Waals surface area contributed by atoms with Crippen molar-refractivity contribution < 1.29 is 23.9 Å². The fraction of sp³-hybridized carbons (Fsp3) is 0.444. The van der Waals surface area contributed by atoms with Crippen molar-refractivity contribution in [2.75, 3.05) is 62.8 Å². The topological polar surface area (TPSA) is 100 Å². The molecule has 10 heteroatoms. The highest BCUT2D eigenvalue weighted by Gasteiger charge is 2.35. The molecule has 2 fully saturated rings. The normalized spacial score (nSPS) is 18.1. The van der Waals surface area contributed by atoms with E-state index in [-0.39, 0.29) is 36.7 Å². The average molecular weight is 529 g/mol. The Kier molecular flexibility index (Phi) is 9.38. The van der Waals surface area contributed by atoms with Crippen molar-refractivity contribution in [3.8, 4) is 5.75 Å². The molecule has 0 bridgehead atoms. The maximum absolute atomic E-state index is 12.6. The largest absolute Gasteiger partial charge is 0.484 e. The lowest BCUT2D eigenvalue weighted by Gasteiger charge is -2.26. The first kappa shape index (κ1) is 26.9. The maximum Gasteiger partial charge on any atom is 0.262 e. The zero-order chi connectivity index (χ0) is 26.2. The molecule has 2 aromatic rings. The lowest BCUT2D eigenvalue weighted by atomic mass is 10.1. The molecule has 0 radical (unpaired) electrons. The molecular formula is C27H33ClN4O5. The predicted molar refractivity (Wildman–Crippen MR) is 142 cm³/mol. The Morgan fingerprint density at radius 3 is 2.62 bits per heavy atom. The van der Waals surface area contributed by atoms with Crippen LogP contribution in [0, 0.1) is 12.8 Å². The number of aryl methyl sites for hydroxylation is 1. The number of amides is 3. The van der Waals surface area contributed by atoms with E-state index >= 15 is 0 Å². The highest BCUT2D eigenvalue weighted by molar-refractivity contribution is 6.31. The quantitative estimate of drug-likeness (QED) is 0.460. The summed E-state index contributed by atoms with van der Waals surface area (Å²) >= 11 is 6.09. The molecule has 2 aliphatic heterocycles. The maximum atomic E-state index is 12.6. The fourth-order valence-corrected chi connectivity index (χ4v) is 4.54. The van der Waals surface area contributed by atoms with E-state index in [1.165, 1.54) is 0 Å². The molecule has 198 valence electrons. The van der Waals surface area contributed by atoms with Gasteiger partial charge < -0.3 is 25.0 Å². The molecule has 0 spiro atoms. The summed E-state index contributed by atoms with van der Waals surface area (Å²) in [4.78, 5) is 41.3. The number of benzene rings is 2. The Balaban J connectivity index is 1.19. The van der Waals surface area contributed by atoms with E-state index in [9.17, 15) is 14.4 Å². The van der Waals surface area contributed by atoms with Gasteiger partial charge in [-0.1, -0.05) is 17.7 Å². The van der Waals surface area contributed by atoms with Crippen molar-refractivity contribution in [3.63, 3.8) is 0 Å². The lowest BCUT2D eigenvalue weighted by Crippen LogP contribution is -2.39. The molecule has 37 heavy (non-hydrogen) atoms. The second-order valence-corrected chi connectivity index (χ2v) is 9.71. The molecule has 0 aromatic heterocycles. The van der Waals surface area contributed by atoms with Gasteiger partial charge in [-0.2, -0.15) is 0 Å². The molecule has 1 atom stereocenters. The van der Waals surface area contributed by atoms with E-state index in [2.05, 4.69) is 15.5 Å². The number of hydrogen-bond acceptors (Lipinski definition) is 6. The highest BCUT2D eigenvalue weighted by atomic mass is 35.5. The van der Waals surface area contributed by atoms with Crippen LogP contribution in [0.5, 0.6) is 5.75 Å². The summed E-state index contributed by atoms with van der Waals surface area (Å²) in [5.74, 6) is -0.345. The molecule has 4 rings (SSSR count). The Labute approximate surface area is 222 Å². The molecule has 9 nitrogen and oxygen atoms in total. The number of carbonyl (C=O) groups excluding carboxylic acids is 3. The van der Waals surface area contributed by atoms with E-state index < -0.39 is 0 Å². The average Bonchev–Trinajstić information content (AvgIpc) is 3.30. The molecular weight excluding hydrogens is 496 g/mol. The van der Waals surface area contributed by atoms with Crippen molar-refractivity contribution >= 4 is 40.7 Å². The van der Waals surface area contributed by atoms with Crippen LogP contribution in [-0.2, 0) is 19.1 Å². The van der Waals surface area contributed by atoms with Crippen molar-refractivity contribution in [2.45, 2.75) is 19.8 Å². The summed E-state index contributed by atoms with van der Waals surface area (Å²) in [5, 5.41) is 6.30. The SMILES string of the molecule is Cc1ccc(NC(=O)COc2ccc(N3C[C@H](C(=O)NCCCN4CCOCC4)CC3=O)cc2)cc1Cl. The predicted octanol–water partition coefficient (Wildman–Crippen LogP) is 2.86. The third-order valence-corrected chi connectivity index (χ3v) is 6.93. The number of ether oxygens (including phenoxy) is 2. The van der Waals surface area contributed by atoms with Crippen LogP contribution >= 0.6 is 11.6 Å². The van der Waals surface area contributed by atoms with Crippen LogP contribution in [0.2, 0.25) is 5.02 Å². The first-order valence-electron chi connectivity index (χ1n) is 12.6. The number of nitrogens with zero attached hydrogens (tertiary/aromatic N) is 2. The first-order chi connectivity index (χ1) is 17.9. The number of hydrogen-bond donors (Lipinski definition) is 2. The summed E-state index contributed by atoms with van der Waals surface area (Å²) in [6.07, 6.45) is 1.06. The number of morpholine rings is 1. The summed E-state index contributed by atoms with van der Waals surface area (Å²) in [6, 6.07) is 12.2. The van der Waals surface area contributed by atoms with Crippen LogP contribution < -0.4 is 20.3 Å². The highest BCUT2D eigenvalue weighted by Crippen LogP contribution is 2.27. The second kappa shape index (κ2) is 12.9. The van der Waals surface area contributed by atoms with Gasteiger partial charge in [-0.3, -0.25) is 19.3 Å². The van der Waals surface area contributed by atoms with Gasteiger partial charge in [0.25, 0.3) is 5.91 Å². The summed E-state index contributed by atoms with van der Waals surface area (Å²) in [5.41, 5.74) is 2.22. The van der Waals surface area contributed by atoms with E-state index in [4.69, 9.17) is 21.1 Å². The minimum absolute atomic E-state index is 0.0846.